The van der Waals surface area contributed by atoms with E-state index in [2.05, 4.69) is 4.98 Å². The van der Waals surface area contributed by atoms with Crippen LogP contribution in [0.1, 0.15) is 11.1 Å². The summed E-state index contributed by atoms with van der Waals surface area (Å²) in [6, 6.07) is 8.51. The summed E-state index contributed by atoms with van der Waals surface area (Å²) < 4.78 is 13.0. The van der Waals surface area contributed by atoms with Gasteiger partial charge in [-0.05, 0) is 36.2 Å². The maximum atomic E-state index is 13.0. The van der Waals surface area contributed by atoms with Crippen molar-refractivity contribution in [3.05, 3.63) is 53.5 Å². The molecule has 0 spiro atoms. The van der Waals surface area contributed by atoms with Gasteiger partial charge in [0.2, 0.25) is 0 Å². The van der Waals surface area contributed by atoms with Crippen molar-refractivity contribution < 1.29 is 4.39 Å². The molecule has 2 rings (SSSR count). The highest BCUT2D eigenvalue weighted by Crippen LogP contribution is 2.28. The van der Waals surface area contributed by atoms with Crippen molar-refractivity contribution >= 4 is 11.8 Å². The Balaban J connectivity index is 2.24. The molecular weight excluding hydrogens is 235 g/mol. The van der Waals surface area contributed by atoms with Crippen LogP contribution >= 0.6 is 11.8 Å². The smallest absolute Gasteiger partial charge is 0.124 e. The van der Waals surface area contributed by atoms with Crippen molar-refractivity contribution in [2.24, 2.45) is 5.73 Å². The first-order valence-corrected chi connectivity index (χ1v) is 6.09. The third-order valence-electron chi connectivity index (χ3n) is 2.33. The Hall–Kier alpha value is -1.39. The van der Waals surface area contributed by atoms with Crippen LogP contribution in [0.5, 0.6) is 0 Å². The molecule has 0 radical (unpaired) electrons. The fraction of sp³-hybridized carbons (Fsp3) is 0.154. The summed E-state index contributed by atoms with van der Waals surface area (Å²) in [5.74, 6) is -0.230. The summed E-state index contributed by atoms with van der Waals surface area (Å²) in [6.45, 7) is 2.46. The van der Waals surface area contributed by atoms with Crippen LogP contribution in [0.3, 0.4) is 0 Å². The second-order valence-electron chi connectivity index (χ2n) is 3.73. The van der Waals surface area contributed by atoms with Gasteiger partial charge in [0.15, 0.2) is 0 Å². The van der Waals surface area contributed by atoms with Crippen LogP contribution < -0.4 is 5.73 Å². The van der Waals surface area contributed by atoms with E-state index in [1.165, 1.54) is 23.9 Å². The molecule has 0 aliphatic heterocycles. The number of nitrogens with zero attached hydrogens (tertiary/aromatic N) is 1. The van der Waals surface area contributed by atoms with E-state index < -0.39 is 0 Å². The molecule has 2 nitrogen and oxygen atoms in total. The number of halogens is 1. The lowest BCUT2D eigenvalue weighted by atomic mass is 10.2. The molecule has 0 aliphatic rings. The first-order chi connectivity index (χ1) is 8.19. The number of aromatic nitrogens is 1. The topological polar surface area (TPSA) is 38.9 Å². The molecule has 2 aromatic rings. The molecule has 0 amide bonds. The fourth-order valence-corrected chi connectivity index (χ4v) is 2.35. The van der Waals surface area contributed by atoms with E-state index in [0.717, 1.165) is 21.0 Å². The Kier molecular flexibility index (Phi) is 3.76. The van der Waals surface area contributed by atoms with E-state index in [-0.39, 0.29) is 5.82 Å². The molecule has 1 aromatic carbocycles. The van der Waals surface area contributed by atoms with Crippen molar-refractivity contribution in [3.63, 3.8) is 0 Å². The zero-order valence-electron chi connectivity index (χ0n) is 9.48. The predicted octanol–water partition coefficient (Wildman–Crippen LogP) is 3.14. The van der Waals surface area contributed by atoms with E-state index in [1.807, 2.05) is 19.1 Å². The highest BCUT2D eigenvalue weighted by atomic mass is 32.2. The number of aryl methyl sites for hydroxylation is 1. The Morgan fingerprint density at radius 2 is 2.18 bits per heavy atom. The van der Waals surface area contributed by atoms with Gasteiger partial charge in [0, 0.05) is 17.6 Å². The van der Waals surface area contributed by atoms with Crippen molar-refractivity contribution in [2.75, 3.05) is 0 Å². The highest BCUT2D eigenvalue weighted by molar-refractivity contribution is 7.99. The Labute approximate surface area is 104 Å². The lowest BCUT2D eigenvalue weighted by Gasteiger charge is -2.06. The molecule has 1 aromatic heterocycles. The molecule has 88 valence electrons. The Bertz CT molecular complexity index is 529. The largest absolute Gasteiger partial charge is 0.326 e. The van der Waals surface area contributed by atoms with Crippen LogP contribution in [-0.2, 0) is 6.54 Å². The molecule has 4 heteroatoms. The first kappa shape index (κ1) is 12.1. The van der Waals surface area contributed by atoms with Gasteiger partial charge in [0.25, 0.3) is 0 Å². The molecule has 1 heterocycles. The second kappa shape index (κ2) is 5.29. The maximum absolute atomic E-state index is 13.0. The number of benzene rings is 1. The zero-order chi connectivity index (χ0) is 12.3. The summed E-state index contributed by atoms with van der Waals surface area (Å²) in [4.78, 5) is 5.18. The predicted molar refractivity (Wildman–Crippen MR) is 67.4 cm³/mol. The highest BCUT2D eigenvalue weighted by Gasteiger charge is 2.04. The molecule has 0 bridgehead atoms. The van der Waals surface area contributed by atoms with Gasteiger partial charge >= 0.3 is 0 Å². The van der Waals surface area contributed by atoms with E-state index in [9.17, 15) is 4.39 Å². The van der Waals surface area contributed by atoms with Gasteiger partial charge in [0.05, 0.1) is 0 Å². The van der Waals surface area contributed by atoms with E-state index in [4.69, 9.17) is 5.73 Å². The van der Waals surface area contributed by atoms with Crippen LogP contribution in [-0.4, -0.2) is 4.98 Å². The summed E-state index contributed by atoms with van der Waals surface area (Å²) in [5, 5.41) is 0.882. The van der Waals surface area contributed by atoms with Crippen molar-refractivity contribution in [3.8, 4) is 0 Å². The summed E-state index contributed by atoms with van der Waals surface area (Å²) in [7, 11) is 0. The molecule has 0 atom stereocenters. The van der Waals surface area contributed by atoms with Crippen LogP contribution in [0.15, 0.2) is 46.5 Å². The number of nitrogens with two attached hydrogens (primary N) is 1. The Morgan fingerprint density at radius 3 is 2.82 bits per heavy atom. The third kappa shape index (κ3) is 3.05. The summed E-state index contributed by atoms with van der Waals surface area (Å²) >= 11 is 1.46. The van der Waals surface area contributed by atoms with Crippen molar-refractivity contribution in [1.29, 1.82) is 0 Å². The summed E-state index contributed by atoms with van der Waals surface area (Å²) in [5.41, 5.74) is 7.61. The number of hydrogen-bond donors (Lipinski definition) is 1. The zero-order valence-corrected chi connectivity index (χ0v) is 10.3. The van der Waals surface area contributed by atoms with Crippen LogP contribution in [0.4, 0.5) is 4.39 Å². The maximum Gasteiger partial charge on any atom is 0.124 e. The average Bonchev–Trinajstić information content (AvgIpc) is 2.32. The molecule has 0 saturated carbocycles. The Morgan fingerprint density at radius 1 is 1.35 bits per heavy atom. The standard InChI is InChI=1S/C13H13FN2S/c1-9-5-10(7-15)8-16-13(9)17-12-4-2-3-11(14)6-12/h2-6,8H,7,15H2,1H3. The lowest BCUT2D eigenvalue weighted by molar-refractivity contribution is 0.624. The van der Waals surface area contributed by atoms with Crippen LogP contribution in [0, 0.1) is 12.7 Å². The molecule has 0 unspecified atom stereocenters. The minimum atomic E-state index is -0.230. The molecule has 0 aliphatic carbocycles. The average molecular weight is 248 g/mol. The molecule has 0 fully saturated rings. The van der Waals surface area contributed by atoms with Gasteiger partial charge in [0.1, 0.15) is 10.8 Å². The quantitative estimate of drug-likeness (QED) is 0.907. The normalized spacial score (nSPS) is 10.5. The van der Waals surface area contributed by atoms with Crippen molar-refractivity contribution in [1.82, 2.24) is 4.98 Å². The SMILES string of the molecule is Cc1cc(CN)cnc1Sc1cccc(F)c1. The fourth-order valence-electron chi connectivity index (χ4n) is 1.48. The third-order valence-corrected chi connectivity index (χ3v) is 3.44. The van der Waals surface area contributed by atoms with Crippen LogP contribution in [0.2, 0.25) is 0 Å². The van der Waals surface area contributed by atoms with Gasteiger partial charge in [-0.25, -0.2) is 9.37 Å². The van der Waals surface area contributed by atoms with E-state index in [0.29, 0.717) is 6.54 Å². The summed E-state index contributed by atoms with van der Waals surface area (Å²) in [6.07, 6.45) is 1.76. The van der Waals surface area contributed by atoms with E-state index >= 15 is 0 Å². The van der Waals surface area contributed by atoms with Crippen LogP contribution in [0.25, 0.3) is 0 Å². The minimum Gasteiger partial charge on any atom is -0.326 e. The number of pyridine rings is 1. The molecule has 0 saturated heterocycles. The van der Waals surface area contributed by atoms with Crippen molar-refractivity contribution in [2.45, 2.75) is 23.4 Å². The minimum absolute atomic E-state index is 0.230. The van der Waals surface area contributed by atoms with Gasteiger partial charge in [-0.3, -0.25) is 0 Å². The molecular formula is C13H13FN2S. The number of hydrogen-bond acceptors (Lipinski definition) is 3. The molecule has 2 N–H and O–H groups in total. The van der Waals surface area contributed by atoms with Gasteiger partial charge in [-0.15, -0.1) is 0 Å². The van der Waals surface area contributed by atoms with Gasteiger partial charge < -0.3 is 5.73 Å². The van der Waals surface area contributed by atoms with Gasteiger partial charge in [-0.2, -0.15) is 0 Å². The van der Waals surface area contributed by atoms with E-state index in [1.54, 1.807) is 12.3 Å². The second-order valence-corrected chi connectivity index (χ2v) is 4.79. The first-order valence-electron chi connectivity index (χ1n) is 5.28. The lowest BCUT2D eigenvalue weighted by Crippen LogP contribution is -1.98. The molecule has 17 heavy (non-hydrogen) atoms. The van der Waals surface area contributed by atoms with Gasteiger partial charge in [-0.1, -0.05) is 23.9 Å². The number of rotatable bonds is 3. The monoisotopic (exact) mass is 248 g/mol.